The molecule has 0 bridgehead atoms. The number of hydrogen-bond donors (Lipinski definition) is 2. The molecule has 28 heavy (non-hydrogen) atoms. The molecule has 4 rings (SSSR count). The molecule has 1 fully saturated rings. The van der Waals surface area contributed by atoms with Crippen LogP contribution >= 0.6 is 15.9 Å². The number of hydrogen-bond acceptors (Lipinski definition) is 3. The minimum Gasteiger partial charge on any atom is -0.381 e. The van der Waals surface area contributed by atoms with Crippen LogP contribution in [0.2, 0.25) is 0 Å². The van der Waals surface area contributed by atoms with Crippen molar-refractivity contribution in [3.8, 4) is 0 Å². The van der Waals surface area contributed by atoms with Crippen LogP contribution < -0.4 is 5.32 Å². The van der Waals surface area contributed by atoms with Crippen molar-refractivity contribution in [2.24, 2.45) is 0 Å². The molecule has 0 aliphatic carbocycles. The van der Waals surface area contributed by atoms with Gasteiger partial charge in [0.05, 0.1) is 16.4 Å². The summed E-state index contributed by atoms with van der Waals surface area (Å²) < 4.78 is 6.55. The van der Waals surface area contributed by atoms with Crippen molar-refractivity contribution >= 4 is 32.9 Å². The van der Waals surface area contributed by atoms with Gasteiger partial charge in [-0.05, 0) is 49.1 Å². The fourth-order valence-electron chi connectivity index (χ4n) is 3.89. The first kappa shape index (κ1) is 19.2. The maximum absolute atomic E-state index is 13.2. The number of H-pyrrole nitrogens is 1. The molecular formula is C22H24BrN3O2. The van der Waals surface area contributed by atoms with E-state index in [4.69, 9.17) is 4.74 Å². The average Bonchev–Trinajstić information content (AvgIpc) is 3.15. The van der Waals surface area contributed by atoms with Crippen LogP contribution in [0.25, 0.3) is 11.0 Å². The Bertz CT molecular complexity index is 913. The van der Waals surface area contributed by atoms with E-state index < -0.39 is 5.41 Å². The van der Waals surface area contributed by atoms with Crippen LogP contribution in [-0.4, -0.2) is 35.6 Å². The minimum atomic E-state index is -0.502. The summed E-state index contributed by atoms with van der Waals surface area (Å²) in [5, 5.41) is 3.16. The smallest absolute Gasteiger partial charge is 0.230 e. The van der Waals surface area contributed by atoms with E-state index in [1.165, 1.54) is 0 Å². The van der Waals surface area contributed by atoms with Crippen LogP contribution in [0.5, 0.6) is 0 Å². The van der Waals surface area contributed by atoms with E-state index in [9.17, 15) is 4.79 Å². The van der Waals surface area contributed by atoms with E-state index in [-0.39, 0.29) is 5.91 Å². The topological polar surface area (TPSA) is 67.0 Å². The highest BCUT2D eigenvalue weighted by Crippen LogP contribution is 2.35. The predicted molar refractivity (Wildman–Crippen MR) is 113 cm³/mol. The molecule has 1 amide bonds. The van der Waals surface area contributed by atoms with Crippen LogP contribution in [0.15, 0.2) is 53.0 Å². The second-order valence-corrected chi connectivity index (χ2v) is 8.18. The number of aryl methyl sites for hydroxylation is 1. The normalized spacial score (nSPS) is 16.2. The SMILES string of the molecule is O=C(NCCCc1nc2ccccc2[nH]1)C1(c2ccc(Br)cc2)CCOCC1. The number of aromatic nitrogens is 2. The quantitative estimate of drug-likeness (QED) is 0.565. The van der Waals surface area contributed by atoms with Crippen LogP contribution in [0.3, 0.4) is 0 Å². The summed E-state index contributed by atoms with van der Waals surface area (Å²) in [6.45, 7) is 1.86. The van der Waals surface area contributed by atoms with Gasteiger partial charge in [0.25, 0.3) is 0 Å². The standard InChI is InChI=1S/C22H24BrN3O2/c23-17-9-7-16(8-10-17)22(11-14-28-15-12-22)21(27)24-13-3-6-20-25-18-4-1-2-5-19(18)26-20/h1-2,4-5,7-10H,3,6,11-15H2,(H,24,27)(H,25,26). The lowest BCUT2D eigenvalue weighted by molar-refractivity contribution is -0.130. The van der Waals surface area contributed by atoms with Crippen molar-refractivity contribution in [3.63, 3.8) is 0 Å². The lowest BCUT2D eigenvalue weighted by Gasteiger charge is -2.36. The molecule has 2 aromatic carbocycles. The van der Waals surface area contributed by atoms with Gasteiger partial charge in [-0.3, -0.25) is 4.79 Å². The summed E-state index contributed by atoms with van der Waals surface area (Å²) in [6, 6.07) is 16.1. The van der Waals surface area contributed by atoms with Gasteiger partial charge in [0.15, 0.2) is 0 Å². The Morgan fingerprint density at radius 1 is 1.14 bits per heavy atom. The number of para-hydroxylation sites is 2. The number of halogens is 1. The Hall–Kier alpha value is -2.18. The third-order valence-electron chi connectivity index (χ3n) is 5.49. The summed E-state index contributed by atoms with van der Waals surface area (Å²) in [4.78, 5) is 21.1. The zero-order chi connectivity index (χ0) is 19.4. The van der Waals surface area contributed by atoms with E-state index in [1.54, 1.807) is 0 Å². The molecule has 146 valence electrons. The third kappa shape index (κ3) is 3.98. The lowest BCUT2D eigenvalue weighted by atomic mass is 9.73. The zero-order valence-corrected chi connectivity index (χ0v) is 17.3. The lowest BCUT2D eigenvalue weighted by Crippen LogP contribution is -2.48. The Morgan fingerprint density at radius 3 is 2.64 bits per heavy atom. The Morgan fingerprint density at radius 2 is 1.89 bits per heavy atom. The van der Waals surface area contributed by atoms with Gasteiger partial charge in [0.2, 0.25) is 5.91 Å². The molecule has 0 spiro atoms. The molecule has 1 aliphatic heterocycles. The van der Waals surface area contributed by atoms with Gasteiger partial charge in [-0.25, -0.2) is 4.98 Å². The maximum Gasteiger partial charge on any atom is 0.230 e. The summed E-state index contributed by atoms with van der Waals surface area (Å²) in [5.41, 5.74) is 2.60. The molecule has 6 heteroatoms. The molecule has 5 nitrogen and oxygen atoms in total. The molecule has 1 saturated heterocycles. The summed E-state index contributed by atoms with van der Waals surface area (Å²) in [7, 11) is 0. The van der Waals surface area contributed by atoms with E-state index in [0.29, 0.717) is 32.6 Å². The fraction of sp³-hybridized carbons (Fsp3) is 0.364. The van der Waals surface area contributed by atoms with Crippen molar-refractivity contribution in [1.29, 1.82) is 0 Å². The highest BCUT2D eigenvalue weighted by Gasteiger charge is 2.41. The summed E-state index contributed by atoms with van der Waals surface area (Å²) >= 11 is 3.48. The third-order valence-corrected chi connectivity index (χ3v) is 6.02. The van der Waals surface area contributed by atoms with Crippen LogP contribution in [0.4, 0.5) is 0 Å². The van der Waals surface area contributed by atoms with E-state index in [0.717, 1.165) is 39.7 Å². The Labute approximate surface area is 173 Å². The van der Waals surface area contributed by atoms with Crippen molar-refractivity contribution in [2.45, 2.75) is 31.1 Å². The highest BCUT2D eigenvalue weighted by atomic mass is 79.9. The average molecular weight is 442 g/mol. The number of imidazole rings is 1. The van der Waals surface area contributed by atoms with Crippen molar-refractivity contribution < 1.29 is 9.53 Å². The Kier molecular flexibility index (Phi) is 5.78. The fourth-order valence-corrected chi connectivity index (χ4v) is 4.15. The van der Waals surface area contributed by atoms with Crippen molar-refractivity contribution in [3.05, 3.63) is 64.4 Å². The second kappa shape index (κ2) is 8.45. The first-order valence-electron chi connectivity index (χ1n) is 9.73. The molecule has 2 heterocycles. The van der Waals surface area contributed by atoms with E-state index >= 15 is 0 Å². The number of ether oxygens (including phenoxy) is 1. The number of carbonyl (C=O) groups excluding carboxylic acids is 1. The molecule has 0 saturated carbocycles. The van der Waals surface area contributed by atoms with Crippen LogP contribution in [-0.2, 0) is 21.4 Å². The number of fused-ring (bicyclic) bond motifs is 1. The number of aromatic amines is 1. The van der Waals surface area contributed by atoms with Gasteiger partial charge < -0.3 is 15.0 Å². The highest BCUT2D eigenvalue weighted by molar-refractivity contribution is 9.10. The van der Waals surface area contributed by atoms with Crippen molar-refractivity contribution in [2.75, 3.05) is 19.8 Å². The second-order valence-electron chi connectivity index (χ2n) is 7.26. The number of benzene rings is 2. The molecule has 1 aromatic heterocycles. The molecule has 0 radical (unpaired) electrons. The van der Waals surface area contributed by atoms with Gasteiger partial charge in [-0.15, -0.1) is 0 Å². The van der Waals surface area contributed by atoms with Crippen LogP contribution in [0, 0.1) is 0 Å². The van der Waals surface area contributed by atoms with E-state index in [1.807, 2.05) is 48.5 Å². The number of nitrogens with zero attached hydrogens (tertiary/aromatic N) is 1. The number of carbonyl (C=O) groups is 1. The van der Waals surface area contributed by atoms with Crippen molar-refractivity contribution in [1.82, 2.24) is 15.3 Å². The largest absolute Gasteiger partial charge is 0.381 e. The summed E-state index contributed by atoms with van der Waals surface area (Å²) in [6.07, 6.45) is 3.08. The number of amides is 1. The Balaban J connectivity index is 1.38. The molecule has 0 atom stereocenters. The van der Waals surface area contributed by atoms with E-state index in [2.05, 4.69) is 31.2 Å². The minimum absolute atomic E-state index is 0.0997. The molecule has 1 aliphatic rings. The molecular weight excluding hydrogens is 418 g/mol. The number of nitrogens with one attached hydrogen (secondary N) is 2. The zero-order valence-electron chi connectivity index (χ0n) is 15.7. The first-order valence-corrected chi connectivity index (χ1v) is 10.5. The predicted octanol–water partition coefficient (Wildman–Crippen LogP) is 4.12. The molecule has 0 unspecified atom stereocenters. The van der Waals surface area contributed by atoms with Gasteiger partial charge in [0.1, 0.15) is 5.82 Å². The number of rotatable bonds is 6. The van der Waals surface area contributed by atoms with Gasteiger partial charge >= 0.3 is 0 Å². The van der Waals surface area contributed by atoms with Gasteiger partial charge in [-0.1, -0.05) is 40.2 Å². The van der Waals surface area contributed by atoms with Crippen LogP contribution in [0.1, 0.15) is 30.7 Å². The first-order chi connectivity index (χ1) is 13.7. The summed E-state index contributed by atoms with van der Waals surface area (Å²) in [5.74, 6) is 1.06. The molecule has 3 aromatic rings. The molecule has 2 N–H and O–H groups in total. The monoisotopic (exact) mass is 441 g/mol. The van der Waals surface area contributed by atoms with Gasteiger partial charge in [0, 0.05) is 30.7 Å². The van der Waals surface area contributed by atoms with Gasteiger partial charge in [-0.2, -0.15) is 0 Å². The maximum atomic E-state index is 13.2.